The second-order valence-corrected chi connectivity index (χ2v) is 4.01. The first-order chi connectivity index (χ1) is 6.68. The molecule has 3 nitrogen and oxygen atoms in total. The quantitative estimate of drug-likeness (QED) is 0.726. The van der Waals surface area contributed by atoms with Gasteiger partial charge in [0.1, 0.15) is 11.3 Å². The number of aryl methyl sites for hydroxylation is 1. The third-order valence-electron chi connectivity index (χ3n) is 2.24. The van der Waals surface area contributed by atoms with Crippen LogP contribution in [0.3, 0.4) is 0 Å². The Morgan fingerprint density at radius 1 is 1.43 bits per heavy atom. The molecule has 0 bridgehead atoms. The third kappa shape index (κ3) is 1.50. The number of hydrogen-bond acceptors (Lipinski definition) is 2. The number of nitrogens with zero attached hydrogens (tertiary/aromatic N) is 3. The van der Waals surface area contributed by atoms with E-state index in [1.165, 1.54) is 0 Å². The van der Waals surface area contributed by atoms with E-state index in [9.17, 15) is 0 Å². The topological polar surface area (TPSA) is 30.7 Å². The van der Waals surface area contributed by atoms with E-state index in [4.69, 9.17) is 0 Å². The van der Waals surface area contributed by atoms with Crippen molar-refractivity contribution in [1.29, 1.82) is 0 Å². The fraction of sp³-hybridized carbons (Fsp3) is 0.455. The molecule has 0 spiro atoms. The second-order valence-electron chi connectivity index (χ2n) is 4.01. The Morgan fingerprint density at radius 3 is 2.93 bits per heavy atom. The maximum Gasteiger partial charge on any atom is 0.159 e. The molecule has 0 aromatic carbocycles. The lowest BCUT2D eigenvalue weighted by atomic mass is 10.2. The standard InChI is InChI=1S/C11H15N3/c1-8(2)7-14-9(3)13-10-5-4-6-12-11(10)14/h4-6,8H,7H2,1-3H3. The van der Waals surface area contributed by atoms with E-state index >= 15 is 0 Å². The molecular weight excluding hydrogens is 174 g/mol. The van der Waals surface area contributed by atoms with Gasteiger partial charge in [-0.25, -0.2) is 9.97 Å². The lowest BCUT2D eigenvalue weighted by Crippen LogP contribution is -2.06. The van der Waals surface area contributed by atoms with Gasteiger partial charge in [0.25, 0.3) is 0 Å². The Morgan fingerprint density at radius 2 is 2.21 bits per heavy atom. The summed E-state index contributed by atoms with van der Waals surface area (Å²) < 4.78 is 2.18. The van der Waals surface area contributed by atoms with Crippen molar-refractivity contribution in [3.8, 4) is 0 Å². The van der Waals surface area contributed by atoms with Crippen LogP contribution in [0.25, 0.3) is 11.2 Å². The van der Waals surface area contributed by atoms with E-state index in [1.54, 1.807) is 0 Å². The highest BCUT2D eigenvalue weighted by Crippen LogP contribution is 2.14. The summed E-state index contributed by atoms with van der Waals surface area (Å²) in [6.07, 6.45) is 1.82. The molecule has 0 N–H and O–H groups in total. The van der Waals surface area contributed by atoms with Gasteiger partial charge in [-0.2, -0.15) is 0 Å². The summed E-state index contributed by atoms with van der Waals surface area (Å²) >= 11 is 0. The van der Waals surface area contributed by atoms with Gasteiger partial charge in [-0.15, -0.1) is 0 Å². The summed E-state index contributed by atoms with van der Waals surface area (Å²) in [6.45, 7) is 7.42. The smallest absolute Gasteiger partial charge is 0.159 e. The molecule has 0 aliphatic rings. The predicted octanol–water partition coefficient (Wildman–Crippen LogP) is 2.40. The number of fused-ring (bicyclic) bond motifs is 1. The predicted molar refractivity (Wildman–Crippen MR) is 57.1 cm³/mol. The first kappa shape index (κ1) is 9.19. The largest absolute Gasteiger partial charge is 0.313 e. The molecule has 2 aromatic rings. The number of imidazole rings is 1. The van der Waals surface area contributed by atoms with Crippen LogP contribution in [0, 0.1) is 12.8 Å². The highest BCUT2D eigenvalue weighted by Gasteiger charge is 2.08. The summed E-state index contributed by atoms with van der Waals surface area (Å²) in [5.41, 5.74) is 1.99. The van der Waals surface area contributed by atoms with Gasteiger partial charge in [-0.3, -0.25) is 0 Å². The van der Waals surface area contributed by atoms with Crippen molar-refractivity contribution >= 4 is 11.2 Å². The van der Waals surface area contributed by atoms with E-state index in [-0.39, 0.29) is 0 Å². The van der Waals surface area contributed by atoms with Crippen LogP contribution in [0.15, 0.2) is 18.3 Å². The minimum atomic E-state index is 0.619. The molecule has 74 valence electrons. The van der Waals surface area contributed by atoms with Crippen molar-refractivity contribution in [2.45, 2.75) is 27.3 Å². The number of hydrogen-bond donors (Lipinski definition) is 0. The van der Waals surface area contributed by atoms with Gasteiger partial charge in [-0.1, -0.05) is 13.8 Å². The average molecular weight is 189 g/mol. The Kier molecular flexibility index (Phi) is 2.23. The highest BCUT2D eigenvalue weighted by atomic mass is 15.1. The van der Waals surface area contributed by atoms with Gasteiger partial charge < -0.3 is 4.57 Å². The Labute approximate surface area is 83.8 Å². The van der Waals surface area contributed by atoms with Crippen molar-refractivity contribution < 1.29 is 0 Å². The fourth-order valence-corrected chi connectivity index (χ4v) is 1.66. The van der Waals surface area contributed by atoms with E-state index < -0.39 is 0 Å². The molecule has 0 amide bonds. The van der Waals surface area contributed by atoms with Crippen molar-refractivity contribution in [2.75, 3.05) is 0 Å². The minimum absolute atomic E-state index is 0.619. The minimum Gasteiger partial charge on any atom is -0.313 e. The van der Waals surface area contributed by atoms with E-state index in [2.05, 4.69) is 28.4 Å². The zero-order valence-corrected chi connectivity index (χ0v) is 8.86. The zero-order valence-electron chi connectivity index (χ0n) is 8.86. The average Bonchev–Trinajstić information content (AvgIpc) is 2.43. The third-order valence-corrected chi connectivity index (χ3v) is 2.24. The maximum atomic E-state index is 4.47. The van der Waals surface area contributed by atoms with Crippen LogP contribution in [0.5, 0.6) is 0 Å². The van der Waals surface area contributed by atoms with E-state index in [0.717, 1.165) is 23.5 Å². The highest BCUT2D eigenvalue weighted by molar-refractivity contribution is 5.70. The van der Waals surface area contributed by atoms with Gasteiger partial charge in [0.2, 0.25) is 0 Å². The normalized spacial score (nSPS) is 11.4. The molecule has 2 aromatic heterocycles. The van der Waals surface area contributed by atoms with Crippen molar-refractivity contribution in [3.63, 3.8) is 0 Å². The molecule has 0 aliphatic carbocycles. The molecule has 2 heterocycles. The van der Waals surface area contributed by atoms with E-state index in [0.29, 0.717) is 5.92 Å². The summed E-state index contributed by atoms with van der Waals surface area (Å²) in [5.74, 6) is 1.67. The fourth-order valence-electron chi connectivity index (χ4n) is 1.66. The summed E-state index contributed by atoms with van der Waals surface area (Å²) in [5, 5.41) is 0. The molecule has 0 fully saturated rings. The van der Waals surface area contributed by atoms with Crippen LogP contribution in [-0.4, -0.2) is 14.5 Å². The number of pyridine rings is 1. The van der Waals surface area contributed by atoms with E-state index in [1.807, 2.05) is 25.3 Å². The first-order valence-electron chi connectivity index (χ1n) is 4.96. The molecule has 3 heteroatoms. The zero-order chi connectivity index (χ0) is 10.1. The molecule has 2 rings (SSSR count). The molecule has 0 saturated carbocycles. The van der Waals surface area contributed by atoms with Crippen LogP contribution in [0.2, 0.25) is 0 Å². The molecule has 0 radical (unpaired) electrons. The monoisotopic (exact) mass is 189 g/mol. The van der Waals surface area contributed by atoms with Crippen molar-refractivity contribution in [1.82, 2.24) is 14.5 Å². The number of rotatable bonds is 2. The summed E-state index contributed by atoms with van der Waals surface area (Å²) in [4.78, 5) is 8.82. The molecule has 0 atom stereocenters. The Bertz CT molecular complexity index is 443. The van der Waals surface area contributed by atoms with Gasteiger partial charge in [-0.05, 0) is 25.0 Å². The second kappa shape index (κ2) is 3.40. The van der Waals surface area contributed by atoms with Crippen LogP contribution in [0.4, 0.5) is 0 Å². The molecule has 0 unspecified atom stereocenters. The van der Waals surface area contributed by atoms with Crippen LogP contribution >= 0.6 is 0 Å². The van der Waals surface area contributed by atoms with Crippen molar-refractivity contribution in [3.05, 3.63) is 24.2 Å². The van der Waals surface area contributed by atoms with Gasteiger partial charge >= 0.3 is 0 Å². The Hall–Kier alpha value is -1.38. The first-order valence-corrected chi connectivity index (χ1v) is 4.96. The molecular formula is C11H15N3. The summed E-state index contributed by atoms with van der Waals surface area (Å²) in [7, 11) is 0. The van der Waals surface area contributed by atoms with Crippen LogP contribution in [0.1, 0.15) is 19.7 Å². The van der Waals surface area contributed by atoms with Crippen LogP contribution in [-0.2, 0) is 6.54 Å². The van der Waals surface area contributed by atoms with Gasteiger partial charge in [0.15, 0.2) is 5.65 Å². The van der Waals surface area contributed by atoms with Crippen molar-refractivity contribution in [2.24, 2.45) is 5.92 Å². The molecule has 14 heavy (non-hydrogen) atoms. The number of aromatic nitrogens is 3. The Balaban J connectivity index is 2.56. The SMILES string of the molecule is Cc1nc2cccnc2n1CC(C)C. The maximum absolute atomic E-state index is 4.47. The molecule has 0 saturated heterocycles. The van der Waals surface area contributed by atoms with Gasteiger partial charge in [0.05, 0.1) is 0 Å². The lowest BCUT2D eigenvalue weighted by Gasteiger charge is -2.08. The van der Waals surface area contributed by atoms with Crippen LogP contribution < -0.4 is 0 Å². The lowest BCUT2D eigenvalue weighted by molar-refractivity contribution is 0.521. The molecule has 0 aliphatic heterocycles. The van der Waals surface area contributed by atoms with Gasteiger partial charge in [0, 0.05) is 12.7 Å². The summed E-state index contributed by atoms with van der Waals surface area (Å²) in [6, 6.07) is 3.93.